The molecule has 2 N–H and O–H groups in total. The van der Waals surface area contributed by atoms with Gasteiger partial charge in [0, 0.05) is 39.4 Å². The number of carbonyl (C=O) groups is 1. The average Bonchev–Trinajstić information content (AvgIpc) is 3.15. The van der Waals surface area contributed by atoms with Gasteiger partial charge in [0.25, 0.3) is 0 Å². The van der Waals surface area contributed by atoms with E-state index in [-0.39, 0.29) is 36.2 Å². The molecule has 0 aliphatic carbocycles. The van der Waals surface area contributed by atoms with Crippen LogP contribution in [-0.2, 0) is 16.0 Å². The highest BCUT2D eigenvalue weighted by molar-refractivity contribution is 14.0. The fourth-order valence-corrected chi connectivity index (χ4v) is 2.89. The maximum absolute atomic E-state index is 11.6. The summed E-state index contributed by atoms with van der Waals surface area (Å²) in [5.74, 6) is 0.864. The van der Waals surface area contributed by atoms with Gasteiger partial charge in [-0.05, 0) is 40.0 Å². The van der Waals surface area contributed by atoms with Crippen molar-refractivity contribution in [3.63, 3.8) is 0 Å². The van der Waals surface area contributed by atoms with Crippen LogP contribution < -0.4 is 10.6 Å². The fourth-order valence-electron chi connectivity index (χ4n) is 2.89. The summed E-state index contributed by atoms with van der Waals surface area (Å²) in [7, 11) is 1.78. The zero-order valence-electron chi connectivity index (χ0n) is 17.8. The quantitative estimate of drug-likeness (QED) is 0.245. The van der Waals surface area contributed by atoms with Crippen molar-refractivity contribution in [2.75, 3.05) is 33.3 Å². The van der Waals surface area contributed by atoms with Crippen LogP contribution in [0.3, 0.4) is 0 Å². The molecule has 2 rings (SSSR count). The number of nitrogens with one attached hydrogen (secondary N) is 2. The molecule has 1 saturated heterocycles. The number of hydrogen-bond acceptors (Lipinski definition) is 6. The molecule has 0 radical (unpaired) electrons. The summed E-state index contributed by atoms with van der Waals surface area (Å²) >= 11 is 0. The monoisotopic (exact) mass is 523 g/mol. The molecule has 9 nitrogen and oxygen atoms in total. The van der Waals surface area contributed by atoms with Crippen LogP contribution in [0.4, 0.5) is 4.79 Å². The first-order valence-corrected chi connectivity index (χ1v) is 9.80. The molecule has 166 valence electrons. The molecular formula is C19H34IN5O4. The Bertz CT molecular complexity index is 611. The highest BCUT2D eigenvalue weighted by Crippen LogP contribution is 2.14. The van der Waals surface area contributed by atoms with Crippen molar-refractivity contribution in [3.8, 4) is 0 Å². The van der Waals surface area contributed by atoms with Gasteiger partial charge < -0.3 is 29.5 Å². The van der Waals surface area contributed by atoms with E-state index in [9.17, 15) is 4.79 Å². The van der Waals surface area contributed by atoms with E-state index < -0.39 is 5.60 Å². The number of amides is 1. The minimum absolute atomic E-state index is 0. The van der Waals surface area contributed by atoms with Gasteiger partial charge in [0.2, 0.25) is 0 Å². The number of aliphatic imine (C=N–C) groups is 1. The molecule has 0 aromatic carbocycles. The number of carbonyl (C=O) groups excluding carboxylic acids is 1. The normalized spacial score (nSPS) is 15.6. The molecule has 1 aromatic rings. The largest absolute Gasteiger partial charge is 0.444 e. The zero-order valence-corrected chi connectivity index (χ0v) is 20.1. The highest BCUT2D eigenvalue weighted by atomic mass is 127. The number of nitrogens with zero attached hydrogens (tertiary/aromatic N) is 3. The molecule has 2 heterocycles. The lowest BCUT2D eigenvalue weighted by molar-refractivity contribution is 0.0170. The van der Waals surface area contributed by atoms with Gasteiger partial charge in [-0.25, -0.2) is 4.79 Å². The van der Waals surface area contributed by atoms with Crippen LogP contribution in [0.15, 0.2) is 21.8 Å². The molecule has 0 bridgehead atoms. The number of piperidine rings is 1. The van der Waals surface area contributed by atoms with Crippen LogP contribution in [0.1, 0.15) is 45.7 Å². The smallest absolute Gasteiger partial charge is 0.407 e. The van der Waals surface area contributed by atoms with E-state index in [0.29, 0.717) is 19.7 Å². The Morgan fingerprint density at radius 2 is 2.07 bits per heavy atom. The molecule has 0 atom stereocenters. The van der Waals surface area contributed by atoms with Gasteiger partial charge in [-0.2, -0.15) is 0 Å². The zero-order chi connectivity index (χ0) is 20.4. The van der Waals surface area contributed by atoms with Crippen molar-refractivity contribution in [2.24, 2.45) is 4.99 Å². The van der Waals surface area contributed by atoms with Gasteiger partial charge in [-0.15, -0.1) is 24.0 Å². The number of hydrogen-bond donors (Lipinski definition) is 2. The first-order chi connectivity index (χ1) is 13.4. The van der Waals surface area contributed by atoms with E-state index in [0.717, 1.165) is 44.0 Å². The molecule has 29 heavy (non-hydrogen) atoms. The van der Waals surface area contributed by atoms with Crippen molar-refractivity contribution in [2.45, 2.75) is 58.3 Å². The third-order valence-electron chi connectivity index (χ3n) is 4.22. The number of likely N-dealkylation sites (tertiary alicyclic amines) is 1. The predicted octanol–water partition coefficient (Wildman–Crippen LogP) is 2.76. The van der Waals surface area contributed by atoms with E-state index >= 15 is 0 Å². The van der Waals surface area contributed by atoms with Crippen molar-refractivity contribution < 1.29 is 18.8 Å². The number of rotatable bonds is 7. The fraction of sp³-hybridized carbons (Fsp3) is 0.737. The van der Waals surface area contributed by atoms with Crippen molar-refractivity contribution in [1.29, 1.82) is 0 Å². The number of alkyl carbamates (subject to hydrolysis) is 1. The summed E-state index contributed by atoms with van der Waals surface area (Å²) in [6, 6.07) is 1.83. The third-order valence-corrected chi connectivity index (χ3v) is 4.22. The van der Waals surface area contributed by atoms with E-state index in [4.69, 9.17) is 14.0 Å². The average molecular weight is 523 g/mol. The maximum Gasteiger partial charge on any atom is 0.407 e. The van der Waals surface area contributed by atoms with Gasteiger partial charge in [0.05, 0.1) is 12.6 Å². The molecule has 0 spiro atoms. The van der Waals surface area contributed by atoms with Gasteiger partial charge in [-0.1, -0.05) is 5.16 Å². The molecular weight excluding hydrogens is 489 g/mol. The van der Waals surface area contributed by atoms with Gasteiger partial charge in [-0.3, -0.25) is 4.99 Å². The lowest BCUT2D eigenvalue weighted by atomic mass is 10.1. The van der Waals surface area contributed by atoms with Crippen molar-refractivity contribution in [3.05, 3.63) is 18.0 Å². The standard InChI is InChI=1S/C19H33N5O4.HI/c1-19(2,3)28-18(25)21-9-5-12-26-16-6-10-24(11-7-16)17(20-4)22-14-15-8-13-27-23-15;/h8,13,16H,5-7,9-12,14H2,1-4H3,(H,20,22)(H,21,25);1H. The first-order valence-electron chi connectivity index (χ1n) is 9.80. The van der Waals surface area contributed by atoms with Crippen LogP contribution in [0.2, 0.25) is 0 Å². The summed E-state index contributed by atoms with van der Waals surface area (Å²) in [6.45, 7) is 9.08. The second-order valence-corrected chi connectivity index (χ2v) is 7.73. The Balaban J connectivity index is 0.00000420. The minimum atomic E-state index is -0.473. The molecule has 1 amide bonds. The molecule has 0 saturated carbocycles. The topological polar surface area (TPSA) is 101 Å². The second kappa shape index (κ2) is 12.9. The summed E-state index contributed by atoms with van der Waals surface area (Å²) in [5, 5.41) is 9.94. The van der Waals surface area contributed by atoms with E-state index in [1.807, 2.05) is 26.8 Å². The summed E-state index contributed by atoms with van der Waals surface area (Å²) in [4.78, 5) is 18.1. The molecule has 1 aliphatic rings. The molecule has 1 aliphatic heterocycles. The summed E-state index contributed by atoms with van der Waals surface area (Å²) in [5.41, 5.74) is 0.374. The van der Waals surface area contributed by atoms with Gasteiger partial charge >= 0.3 is 6.09 Å². The molecule has 1 aromatic heterocycles. The van der Waals surface area contributed by atoms with Crippen molar-refractivity contribution in [1.82, 2.24) is 20.7 Å². The Morgan fingerprint density at radius 1 is 1.34 bits per heavy atom. The lowest BCUT2D eigenvalue weighted by Gasteiger charge is -2.34. The number of aromatic nitrogens is 1. The van der Waals surface area contributed by atoms with Crippen LogP contribution in [0, 0.1) is 0 Å². The SMILES string of the molecule is CN=C(NCc1ccon1)N1CCC(OCCCNC(=O)OC(C)(C)C)CC1.I. The second-order valence-electron chi connectivity index (χ2n) is 7.73. The predicted molar refractivity (Wildman–Crippen MR) is 122 cm³/mol. The van der Waals surface area contributed by atoms with E-state index in [2.05, 4.69) is 25.7 Å². The van der Waals surface area contributed by atoms with Crippen LogP contribution in [0.5, 0.6) is 0 Å². The van der Waals surface area contributed by atoms with E-state index in [1.54, 1.807) is 13.3 Å². The lowest BCUT2D eigenvalue weighted by Crippen LogP contribution is -2.46. The van der Waals surface area contributed by atoms with Crippen LogP contribution >= 0.6 is 24.0 Å². The Hall–Kier alpha value is -1.56. The number of ether oxygens (including phenoxy) is 2. The minimum Gasteiger partial charge on any atom is -0.444 e. The third kappa shape index (κ3) is 10.2. The van der Waals surface area contributed by atoms with E-state index in [1.165, 1.54) is 0 Å². The van der Waals surface area contributed by atoms with Gasteiger partial charge in [0.15, 0.2) is 5.96 Å². The number of halogens is 1. The summed E-state index contributed by atoms with van der Waals surface area (Å²) < 4.78 is 16.0. The molecule has 10 heteroatoms. The highest BCUT2D eigenvalue weighted by Gasteiger charge is 2.22. The molecule has 1 fully saturated rings. The van der Waals surface area contributed by atoms with Crippen LogP contribution in [-0.4, -0.2) is 67.1 Å². The Kier molecular flexibility index (Phi) is 11.3. The Morgan fingerprint density at radius 3 is 2.66 bits per heavy atom. The van der Waals surface area contributed by atoms with Gasteiger partial charge in [0.1, 0.15) is 17.6 Å². The first kappa shape index (κ1) is 25.5. The maximum atomic E-state index is 11.6. The summed E-state index contributed by atoms with van der Waals surface area (Å²) in [6.07, 6.45) is 4.08. The molecule has 0 unspecified atom stereocenters. The Labute approximate surface area is 190 Å². The number of guanidine groups is 1. The van der Waals surface area contributed by atoms with Crippen molar-refractivity contribution >= 4 is 36.0 Å². The van der Waals surface area contributed by atoms with Crippen LogP contribution in [0.25, 0.3) is 0 Å².